The van der Waals surface area contributed by atoms with Crippen LogP contribution in [-0.4, -0.2) is 21.4 Å². The van der Waals surface area contributed by atoms with E-state index in [2.05, 4.69) is 0 Å². The molecule has 1 aromatic heterocycles. The summed E-state index contributed by atoms with van der Waals surface area (Å²) in [5.41, 5.74) is 1.87. The Balaban J connectivity index is 2.40. The number of aromatic nitrogens is 1. The lowest BCUT2D eigenvalue weighted by Crippen LogP contribution is -2.02. The molecule has 2 aromatic rings. The van der Waals surface area contributed by atoms with Crippen molar-refractivity contribution < 1.29 is 14.7 Å². The van der Waals surface area contributed by atoms with Crippen LogP contribution in [0, 0.1) is 0 Å². The van der Waals surface area contributed by atoms with Gasteiger partial charge in [-0.2, -0.15) is 0 Å². The number of nitrogens with zero attached hydrogens (tertiary/aromatic N) is 1. The van der Waals surface area contributed by atoms with Gasteiger partial charge in [0.1, 0.15) is 0 Å². The normalized spacial score (nSPS) is 11.2. The molecule has 0 bridgehead atoms. The van der Waals surface area contributed by atoms with Gasteiger partial charge in [0.2, 0.25) is 0 Å². The zero-order valence-electron chi connectivity index (χ0n) is 12.0. The molecule has 0 unspecified atom stereocenters. The van der Waals surface area contributed by atoms with Crippen molar-refractivity contribution in [1.82, 2.24) is 4.57 Å². The summed E-state index contributed by atoms with van der Waals surface area (Å²) in [6, 6.07) is 10.9. The molecular formula is C17H17NO3. The van der Waals surface area contributed by atoms with Crippen LogP contribution in [0.1, 0.15) is 41.5 Å². The van der Waals surface area contributed by atoms with E-state index in [4.69, 9.17) is 5.11 Å². The maximum absolute atomic E-state index is 12.4. The fourth-order valence-corrected chi connectivity index (χ4v) is 2.11. The van der Waals surface area contributed by atoms with Crippen LogP contribution in [0.5, 0.6) is 0 Å². The number of benzene rings is 1. The smallest absolute Gasteiger partial charge is 0.328 e. The van der Waals surface area contributed by atoms with Gasteiger partial charge in [0.25, 0.3) is 0 Å². The molecule has 0 radical (unpaired) electrons. The molecule has 0 amide bonds. The monoisotopic (exact) mass is 283 g/mol. The van der Waals surface area contributed by atoms with Crippen LogP contribution >= 0.6 is 0 Å². The Morgan fingerprint density at radius 3 is 2.38 bits per heavy atom. The summed E-state index contributed by atoms with van der Waals surface area (Å²) in [5.74, 6) is -1.08. The van der Waals surface area contributed by atoms with E-state index in [1.165, 1.54) is 6.08 Å². The van der Waals surface area contributed by atoms with Gasteiger partial charge in [0.05, 0.1) is 0 Å². The van der Waals surface area contributed by atoms with Gasteiger partial charge in [0.15, 0.2) is 5.78 Å². The van der Waals surface area contributed by atoms with Gasteiger partial charge < -0.3 is 9.67 Å². The summed E-state index contributed by atoms with van der Waals surface area (Å²) in [6.45, 7) is 3.96. The average Bonchev–Trinajstić information content (AvgIpc) is 2.89. The maximum Gasteiger partial charge on any atom is 0.328 e. The molecule has 108 valence electrons. The minimum absolute atomic E-state index is 0.0695. The minimum Gasteiger partial charge on any atom is -0.478 e. The van der Waals surface area contributed by atoms with E-state index < -0.39 is 5.97 Å². The highest BCUT2D eigenvalue weighted by atomic mass is 16.4. The third-order valence-corrected chi connectivity index (χ3v) is 3.13. The molecule has 4 nitrogen and oxygen atoms in total. The Labute approximate surface area is 123 Å². The van der Waals surface area contributed by atoms with Crippen molar-refractivity contribution in [1.29, 1.82) is 0 Å². The fourth-order valence-electron chi connectivity index (χ4n) is 2.11. The van der Waals surface area contributed by atoms with Crippen LogP contribution in [-0.2, 0) is 4.79 Å². The van der Waals surface area contributed by atoms with E-state index in [-0.39, 0.29) is 11.8 Å². The van der Waals surface area contributed by atoms with Gasteiger partial charge >= 0.3 is 5.97 Å². The van der Waals surface area contributed by atoms with Gasteiger partial charge in [-0.25, -0.2) is 4.79 Å². The molecule has 0 aliphatic rings. The highest BCUT2D eigenvalue weighted by molar-refractivity contribution is 6.09. The summed E-state index contributed by atoms with van der Waals surface area (Å²) in [5, 5.41) is 8.74. The number of carboxylic acid groups (broad SMARTS) is 1. The van der Waals surface area contributed by atoms with E-state index in [0.717, 1.165) is 6.08 Å². The van der Waals surface area contributed by atoms with Crippen LogP contribution in [0.3, 0.4) is 0 Å². The predicted octanol–water partition coefficient (Wildman–Crippen LogP) is 3.40. The zero-order chi connectivity index (χ0) is 15.4. The summed E-state index contributed by atoms with van der Waals surface area (Å²) in [4.78, 5) is 23.1. The number of carbonyl (C=O) groups excluding carboxylic acids is 1. The summed E-state index contributed by atoms with van der Waals surface area (Å²) in [7, 11) is 0. The van der Waals surface area contributed by atoms with Crippen LogP contribution < -0.4 is 0 Å². The highest BCUT2D eigenvalue weighted by Crippen LogP contribution is 2.19. The molecule has 0 atom stereocenters. The van der Waals surface area contributed by atoms with Crippen molar-refractivity contribution >= 4 is 17.8 Å². The van der Waals surface area contributed by atoms with Crippen molar-refractivity contribution in [3.8, 4) is 0 Å². The predicted molar refractivity (Wildman–Crippen MR) is 81.4 cm³/mol. The van der Waals surface area contributed by atoms with Crippen molar-refractivity contribution in [3.63, 3.8) is 0 Å². The van der Waals surface area contributed by atoms with E-state index in [1.54, 1.807) is 24.4 Å². The second kappa shape index (κ2) is 6.22. The number of hydrogen-bond donors (Lipinski definition) is 1. The van der Waals surface area contributed by atoms with Gasteiger partial charge in [-0.3, -0.25) is 4.79 Å². The first kappa shape index (κ1) is 14.8. The van der Waals surface area contributed by atoms with E-state index in [0.29, 0.717) is 16.8 Å². The number of rotatable bonds is 5. The second-order valence-electron chi connectivity index (χ2n) is 5.02. The lowest BCUT2D eigenvalue weighted by molar-refractivity contribution is -0.131. The number of carbonyl (C=O) groups is 2. The lowest BCUT2D eigenvalue weighted by Gasteiger charge is -2.09. The maximum atomic E-state index is 12.4. The first-order valence-electron chi connectivity index (χ1n) is 6.71. The van der Waals surface area contributed by atoms with Crippen molar-refractivity contribution in [2.24, 2.45) is 0 Å². The van der Waals surface area contributed by atoms with Crippen LogP contribution in [0.4, 0.5) is 0 Å². The molecule has 1 heterocycles. The first-order chi connectivity index (χ1) is 9.99. The minimum atomic E-state index is -1.01. The van der Waals surface area contributed by atoms with Gasteiger partial charge in [-0.05, 0) is 26.0 Å². The fraction of sp³-hybridized carbons (Fsp3) is 0.176. The van der Waals surface area contributed by atoms with E-state index in [9.17, 15) is 9.59 Å². The molecule has 1 N–H and O–H groups in total. The Bertz CT molecular complexity index is 681. The number of aliphatic carboxylic acids is 1. The average molecular weight is 283 g/mol. The number of carboxylic acids is 1. The first-order valence-corrected chi connectivity index (χ1v) is 6.71. The number of hydrogen-bond acceptors (Lipinski definition) is 2. The molecule has 1 aromatic carbocycles. The third kappa shape index (κ3) is 3.48. The Hall–Kier alpha value is -2.62. The van der Waals surface area contributed by atoms with Crippen LogP contribution in [0.15, 0.2) is 48.7 Å². The van der Waals surface area contributed by atoms with E-state index >= 15 is 0 Å². The largest absolute Gasteiger partial charge is 0.478 e. The van der Waals surface area contributed by atoms with Crippen molar-refractivity contribution in [2.45, 2.75) is 19.9 Å². The topological polar surface area (TPSA) is 59.3 Å². The molecule has 0 fully saturated rings. The summed E-state index contributed by atoms with van der Waals surface area (Å²) >= 11 is 0. The molecule has 0 aliphatic heterocycles. The molecule has 0 saturated carbocycles. The van der Waals surface area contributed by atoms with Crippen LogP contribution in [0.2, 0.25) is 0 Å². The Morgan fingerprint density at radius 1 is 1.14 bits per heavy atom. The molecule has 4 heteroatoms. The molecule has 0 spiro atoms. The summed E-state index contributed by atoms with van der Waals surface area (Å²) in [6.07, 6.45) is 4.34. The van der Waals surface area contributed by atoms with Gasteiger partial charge in [-0.1, -0.05) is 30.3 Å². The second-order valence-corrected chi connectivity index (χ2v) is 5.02. The Morgan fingerprint density at radius 2 is 1.81 bits per heavy atom. The van der Waals surface area contributed by atoms with Crippen molar-refractivity contribution in [3.05, 3.63) is 65.5 Å². The zero-order valence-corrected chi connectivity index (χ0v) is 12.0. The van der Waals surface area contributed by atoms with Crippen molar-refractivity contribution in [2.75, 3.05) is 0 Å². The third-order valence-electron chi connectivity index (χ3n) is 3.13. The lowest BCUT2D eigenvalue weighted by atomic mass is 10.1. The van der Waals surface area contributed by atoms with Gasteiger partial charge in [0, 0.05) is 35.1 Å². The SMILES string of the molecule is CC(C)n1cc(C(=O)c2ccccc2)cc1/C=C/C(=O)O. The molecule has 0 aliphatic carbocycles. The molecule has 0 saturated heterocycles. The van der Waals surface area contributed by atoms with Crippen LogP contribution in [0.25, 0.3) is 6.08 Å². The highest BCUT2D eigenvalue weighted by Gasteiger charge is 2.14. The molecular weight excluding hydrogens is 266 g/mol. The van der Waals surface area contributed by atoms with E-state index in [1.807, 2.05) is 36.6 Å². The molecule has 21 heavy (non-hydrogen) atoms. The quantitative estimate of drug-likeness (QED) is 0.676. The standard InChI is InChI=1S/C17H17NO3/c1-12(2)18-11-14(10-15(18)8-9-16(19)20)17(21)13-6-4-3-5-7-13/h3-12H,1-2H3,(H,19,20)/b9-8+. The number of ketones is 1. The van der Waals surface area contributed by atoms with Gasteiger partial charge in [-0.15, -0.1) is 0 Å². The Kier molecular flexibility index (Phi) is 4.38. The summed E-state index contributed by atoms with van der Waals surface area (Å²) < 4.78 is 1.88. The molecule has 2 rings (SSSR count).